The molecule has 1 aliphatic rings. The molecule has 0 unspecified atom stereocenters. The second kappa shape index (κ2) is 8.20. The maximum Gasteiger partial charge on any atom is 0.267 e. The first kappa shape index (κ1) is 18.1. The summed E-state index contributed by atoms with van der Waals surface area (Å²) in [5.41, 5.74) is 3.71. The average molecular weight is 370 g/mol. The van der Waals surface area contributed by atoms with E-state index in [4.69, 9.17) is 5.26 Å². The number of likely N-dealkylation sites (tertiary alicyclic amines) is 1. The van der Waals surface area contributed by atoms with Crippen LogP contribution in [0.5, 0.6) is 0 Å². The van der Waals surface area contributed by atoms with Crippen molar-refractivity contribution >= 4 is 0 Å². The van der Waals surface area contributed by atoms with E-state index >= 15 is 0 Å². The fraction of sp³-hybridized carbons (Fsp3) is 0.261. The Bertz CT molecular complexity index is 1030. The number of nitriles is 1. The summed E-state index contributed by atoms with van der Waals surface area (Å²) < 4.78 is 1.67. The van der Waals surface area contributed by atoms with Gasteiger partial charge in [-0.2, -0.15) is 10.4 Å². The van der Waals surface area contributed by atoms with Crippen LogP contribution in [-0.4, -0.2) is 27.8 Å². The topological polar surface area (TPSA) is 61.9 Å². The van der Waals surface area contributed by atoms with Crippen LogP contribution in [0.3, 0.4) is 0 Å². The first-order chi connectivity index (χ1) is 13.7. The SMILES string of the molecule is N#Cc1ccc(CN2CCC(n3nc(-c4ccccc4)ccc3=O)CC2)cc1. The maximum atomic E-state index is 12.4. The Morgan fingerprint density at radius 1 is 0.964 bits per heavy atom. The minimum atomic E-state index is -0.0368. The van der Waals surface area contributed by atoms with Gasteiger partial charge in [0.15, 0.2) is 0 Å². The lowest BCUT2D eigenvalue weighted by atomic mass is 10.0. The summed E-state index contributed by atoms with van der Waals surface area (Å²) >= 11 is 0. The van der Waals surface area contributed by atoms with E-state index in [0.717, 1.165) is 43.7 Å². The second-order valence-electron chi connectivity index (χ2n) is 7.18. The quantitative estimate of drug-likeness (QED) is 0.704. The van der Waals surface area contributed by atoms with Gasteiger partial charge < -0.3 is 0 Å². The fourth-order valence-electron chi connectivity index (χ4n) is 3.71. The summed E-state index contributed by atoms with van der Waals surface area (Å²) in [5, 5.41) is 13.6. The van der Waals surface area contributed by atoms with Gasteiger partial charge in [-0.3, -0.25) is 9.69 Å². The van der Waals surface area contributed by atoms with Crippen molar-refractivity contribution in [3.8, 4) is 17.3 Å². The van der Waals surface area contributed by atoms with Crippen molar-refractivity contribution in [3.63, 3.8) is 0 Å². The Balaban J connectivity index is 1.43. The molecule has 0 saturated carbocycles. The van der Waals surface area contributed by atoms with Crippen LogP contribution in [0.4, 0.5) is 0 Å². The molecule has 5 nitrogen and oxygen atoms in total. The number of benzene rings is 2. The number of hydrogen-bond donors (Lipinski definition) is 0. The standard InChI is InChI=1S/C23H22N4O/c24-16-18-6-8-19(9-7-18)17-26-14-12-21(13-15-26)27-23(28)11-10-22(25-27)20-4-2-1-3-5-20/h1-11,21H,12-15,17H2. The van der Waals surface area contributed by atoms with Crippen LogP contribution in [0.15, 0.2) is 71.5 Å². The Hall–Kier alpha value is -3.23. The zero-order valence-corrected chi connectivity index (χ0v) is 15.7. The maximum absolute atomic E-state index is 12.4. The van der Waals surface area contributed by atoms with Gasteiger partial charge in [-0.1, -0.05) is 42.5 Å². The van der Waals surface area contributed by atoms with E-state index in [1.54, 1.807) is 16.8 Å². The summed E-state index contributed by atoms with van der Waals surface area (Å²) in [6.45, 7) is 2.72. The number of piperidine rings is 1. The third-order valence-corrected chi connectivity index (χ3v) is 5.29. The molecule has 0 radical (unpaired) electrons. The van der Waals surface area contributed by atoms with Gasteiger partial charge in [-0.15, -0.1) is 0 Å². The number of aromatic nitrogens is 2. The van der Waals surface area contributed by atoms with Crippen molar-refractivity contribution in [3.05, 3.63) is 88.2 Å². The van der Waals surface area contributed by atoms with Gasteiger partial charge in [0.1, 0.15) is 0 Å². The van der Waals surface area contributed by atoms with Gasteiger partial charge in [0.25, 0.3) is 5.56 Å². The lowest BCUT2D eigenvalue weighted by Gasteiger charge is -2.32. The highest BCUT2D eigenvalue weighted by molar-refractivity contribution is 5.57. The van der Waals surface area contributed by atoms with Crippen LogP contribution in [0.25, 0.3) is 11.3 Å². The molecule has 2 heterocycles. The van der Waals surface area contributed by atoms with Gasteiger partial charge in [0.05, 0.1) is 23.4 Å². The van der Waals surface area contributed by atoms with Crippen LogP contribution in [-0.2, 0) is 6.54 Å². The monoisotopic (exact) mass is 370 g/mol. The third-order valence-electron chi connectivity index (χ3n) is 5.29. The second-order valence-corrected chi connectivity index (χ2v) is 7.18. The molecule has 0 N–H and O–H groups in total. The largest absolute Gasteiger partial charge is 0.299 e. The molecule has 140 valence electrons. The fourth-order valence-corrected chi connectivity index (χ4v) is 3.71. The molecule has 4 rings (SSSR count). The summed E-state index contributed by atoms with van der Waals surface area (Å²) in [5.74, 6) is 0. The summed E-state index contributed by atoms with van der Waals surface area (Å²) in [7, 11) is 0. The number of rotatable bonds is 4. The summed E-state index contributed by atoms with van der Waals surface area (Å²) in [6.07, 6.45) is 1.81. The molecule has 0 spiro atoms. The van der Waals surface area contributed by atoms with Crippen LogP contribution in [0, 0.1) is 11.3 Å². The molecule has 1 aromatic heterocycles. The normalized spacial score (nSPS) is 15.2. The predicted molar refractivity (Wildman–Crippen MR) is 109 cm³/mol. The Kier molecular flexibility index (Phi) is 5.31. The van der Waals surface area contributed by atoms with Crippen molar-refractivity contribution in [1.29, 1.82) is 5.26 Å². The van der Waals surface area contributed by atoms with Gasteiger partial charge >= 0.3 is 0 Å². The molecule has 0 atom stereocenters. The Morgan fingerprint density at radius 2 is 1.68 bits per heavy atom. The average Bonchev–Trinajstić information content (AvgIpc) is 2.76. The molecule has 0 bridgehead atoms. The van der Waals surface area contributed by atoms with Crippen molar-refractivity contribution in [2.45, 2.75) is 25.4 Å². The molecule has 0 amide bonds. The molecule has 1 fully saturated rings. The minimum Gasteiger partial charge on any atom is -0.299 e. The van der Waals surface area contributed by atoms with Crippen molar-refractivity contribution < 1.29 is 0 Å². The summed E-state index contributed by atoms with van der Waals surface area (Å²) in [6, 6.07) is 23.4. The molecule has 1 aliphatic heterocycles. The molecule has 5 heteroatoms. The number of nitrogens with zero attached hydrogens (tertiary/aromatic N) is 4. The molecular formula is C23H22N4O. The molecule has 1 saturated heterocycles. The first-order valence-corrected chi connectivity index (χ1v) is 9.59. The highest BCUT2D eigenvalue weighted by Crippen LogP contribution is 2.23. The van der Waals surface area contributed by atoms with Crippen LogP contribution >= 0.6 is 0 Å². The minimum absolute atomic E-state index is 0.0368. The summed E-state index contributed by atoms with van der Waals surface area (Å²) in [4.78, 5) is 14.8. The van der Waals surface area contributed by atoms with E-state index in [0.29, 0.717) is 5.56 Å². The van der Waals surface area contributed by atoms with Crippen molar-refractivity contribution in [1.82, 2.24) is 14.7 Å². The first-order valence-electron chi connectivity index (χ1n) is 9.59. The van der Waals surface area contributed by atoms with E-state index in [9.17, 15) is 4.79 Å². The van der Waals surface area contributed by atoms with E-state index in [1.807, 2.05) is 54.6 Å². The van der Waals surface area contributed by atoms with E-state index in [1.165, 1.54) is 5.56 Å². The van der Waals surface area contributed by atoms with E-state index < -0.39 is 0 Å². The number of hydrogen-bond acceptors (Lipinski definition) is 4. The predicted octanol–water partition coefficient (Wildman–Crippen LogP) is 3.62. The molecule has 0 aliphatic carbocycles. The van der Waals surface area contributed by atoms with Crippen LogP contribution in [0.2, 0.25) is 0 Å². The lowest BCUT2D eigenvalue weighted by Crippen LogP contribution is -2.38. The van der Waals surface area contributed by atoms with Gasteiger partial charge in [-0.25, -0.2) is 4.68 Å². The zero-order valence-electron chi connectivity index (χ0n) is 15.7. The van der Waals surface area contributed by atoms with Crippen LogP contribution in [0.1, 0.15) is 30.0 Å². The molecule has 2 aromatic carbocycles. The smallest absolute Gasteiger partial charge is 0.267 e. The zero-order chi connectivity index (χ0) is 19.3. The van der Waals surface area contributed by atoms with Crippen molar-refractivity contribution in [2.75, 3.05) is 13.1 Å². The van der Waals surface area contributed by atoms with Gasteiger partial charge in [0.2, 0.25) is 0 Å². The molecule has 3 aromatic rings. The molecule has 28 heavy (non-hydrogen) atoms. The third kappa shape index (κ3) is 4.03. The molecular weight excluding hydrogens is 348 g/mol. The Labute approximate surface area is 164 Å². The van der Waals surface area contributed by atoms with Crippen LogP contribution < -0.4 is 5.56 Å². The van der Waals surface area contributed by atoms with E-state index in [-0.39, 0.29) is 11.6 Å². The highest BCUT2D eigenvalue weighted by atomic mass is 16.1. The van der Waals surface area contributed by atoms with E-state index in [2.05, 4.69) is 16.1 Å². The van der Waals surface area contributed by atoms with Gasteiger partial charge in [-0.05, 0) is 36.6 Å². The van der Waals surface area contributed by atoms with Crippen molar-refractivity contribution in [2.24, 2.45) is 0 Å². The highest BCUT2D eigenvalue weighted by Gasteiger charge is 2.22. The lowest BCUT2D eigenvalue weighted by molar-refractivity contribution is 0.170. The van der Waals surface area contributed by atoms with Gasteiger partial charge in [0, 0.05) is 31.3 Å². The Morgan fingerprint density at radius 3 is 2.36 bits per heavy atom.